The van der Waals surface area contributed by atoms with E-state index in [1.54, 1.807) is 6.07 Å². The Morgan fingerprint density at radius 3 is 2.78 bits per heavy atom. The number of nitrogens with one attached hydrogen (secondary N) is 1. The van der Waals surface area contributed by atoms with Gasteiger partial charge in [0.1, 0.15) is 41.5 Å². The van der Waals surface area contributed by atoms with Crippen LogP contribution in [0.3, 0.4) is 0 Å². The second-order valence-corrected chi connectivity index (χ2v) is 13.2. The number of nitrogens with zero attached hydrogens (tertiary/aromatic N) is 6. The van der Waals surface area contributed by atoms with Gasteiger partial charge in [-0.15, -0.1) is 0 Å². The molecular weight excluding hydrogens is 592 g/mol. The summed E-state index contributed by atoms with van der Waals surface area (Å²) in [6.07, 6.45) is 5.06. The van der Waals surface area contributed by atoms with E-state index in [0.29, 0.717) is 59.9 Å². The highest BCUT2D eigenvalue weighted by Crippen LogP contribution is 2.42. The smallest absolute Gasteiger partial charge is 0.298 e. The fourth-order valence-corrected chi connectivity index (χ4v) is 8.44. The van der Waals surface area contributed by atoms with Crippen molar-refractivity contribution in [3.05, 3.63) is 57.8 Å². The largest absolute Gasteiger partial charge is 0.508 e. The van der Waals surface area contributed by atoms with E-state index in [-0.39, 0.29) is 47.1 Å². The Kier molecular flexibility index (Phi) is 6.88. The summed E-state index contributed by atoms with van der Waals surface area (Å²) in [5.41, 5.74) is 0.390. The van der Waals surface area contributed by atoms with Crippen molar-refractivity contribution in [3.63, 3.8) is 0 Å². The highest BCUT2D eigenvalue weighted by atomic mass is 19.1. The lowest BCUT2D eigenvalue weighted by molar-refractivity contribution is 0.110. The molecular formula is C34H35F2N7O3. The Morgan fingerprint density at radius 2 is 2.02 bits per heavy atom. The second kappa shape index (κ2) is 10.9. The Morgan fingerprint density at radius 1 is 1.22 bits per heavy atom. The zero-order valence-electron chi connectivity index (χ0n) is 25.6. The lowest BCUT2D eigenvalue weighted by atomic mass is 9.95. The van der Waals surface area contributed by atoms with Gasteiger partial charge in [0, 0.05) is 49.6 Å². The van der Waals surface area contributed by atoms with E-state index < -0.39 is 23.1 Å². The molecule has 4 atom stereocenters. The van der Waals surface area contributed by atoms with Crippen LogP contribution in [0.2, 0.25) is 0 Å². The van der Waals surface area contributed by atoms with Crippen LogP contribution in [0.15, 0.2) is 35.3 Å². The van der Waals surface area contributed by atoms with Crippen molar-refractivity contribution >= 4 is 27.4 Å². The van der Waals surface area contributed by atoms with Gasteiger partial charge >= 0.3 is 0 Å². The summed E-state index contributed by atoms with van der Waals surface area (Å²) in [6.45, 7) is 4.43. The Balaban J connectivity index is 1.33. The predicted octanol–water partition coefficient (Wildman–Crippen LogP) is 4.11. The molecule has 4 fully saturated rings. The Bertz CT molecular complexity index is 1980. The minimum atomic E-state index is -0.941. The average Bonchev–Trinajstić information content (AvgIpc) is 3.69. The molecule has 0 aliphatic carbocycles. The van der Waals surface area contributed by atoms with Gasteiger partial charge in [0.15, 0.2) is 0 Å². The maximum atomic E-state index is 15.0. The molecule has 0 spiro atoms. The highest BCUT2D eigenvalue weighted by molar-refractivity contribution is 5.97. The van der Waals surface area contributed by atoms with E-state index in [1.807, 2.05) is 6.92 Å². The van der Waals surface area contributed by atoms with Gasteiger partial charge in [0.05, 0.1) is 28.5 Å². The number of aromatic hydroxyl groups is 1. The molecule has 12 heteroatoms. The first-order valence-electron chi connectivity index (χ1n) is 16.1. The molecule has 10 nitrogen and oxygen atoms in total. The third-order valence-electron chi connectivity index (χ3n) is 10.5. The van der Waals surface area contributed by atoms with Gasteiger partial charge in [-0.1, -0.05) is 13.0 Å². The van der Waals surface area contributed by atoms with Crippen molar-refractivity contribution in [2.24, 2.45) is 0 Å². The van der Waals surface area contributed by atoms with Gasteiger partial charge in [-0.2, -0.15) is 15.0 Å². The minimum Gasteiger partial charge on any atom is -0.508 e. The van der Waals surface area contributed by atoms with E-state index in [4.69, 9.17) is 4.74 Å². The van der Waals surface area contributed by atoms with Crippen LogP contribution >= 0.6 is 0 Å². The second-order valence-electron chi connectivity index (χ2n) is 13.2. The highest BCUT2D eigenvalue weighted by Gasteiger charge is 2.49. The molecule has 2 unspecified atom stereocenters. The van der Waals surface area contributed by atoms with Crippen molar-refractivity contribution < 1.29 is 18.6 Å². The summed E-state index contributed by atoms with van der Waals surface area (Å²) < 4.78 is 37.1. The summed E-state index contributed by atoms with van der Waals surface area (Å²) in [5.74, 6) is -0.473. The Hall–Kier alpha value is -4.34. The van der Waals surface area contributed by atoms with E-state index in [1.165, 1.54) is 24.4 Å². The zero-order chi connectivity index (χ0) is 31.7. The number of nitriles is 1. The number of rotatable bonds is 6. The van der Waals surface area contributed by atoms with Crippen molar-refractivity contribution in [3.8, 4) is 23.4 Å². The topological polar surface area (TPSA) is 120 Å². The number of halogens is 2. The van der Waals surface area contributed by atoms with Crippen LogP contribution in [-0.2, 0) is 6.42 Å². The summed E-state index contributed by atoms with van der Waals surface area (Å²) in [4.78, 5) is 23.4. The van der Waals surface area contributed by atoms with E-state index in [9.17, 15) is 23.9 Å². The molecule has 0 radical (unpaired) electrons. The molecule has 46 heavy (non-hydrogen) atoms. The molecule has 4 aliphatic heterocycles. The molecule has 238 valence electrons. The van der Waals surface area contributed by atoms with Gasteiger partial charge in [-0.3, -0.25) is 9.69 Å². The van der Waals surface area contributed by atoms with Crippen molar-refractivity contribution in [2.45, 2.75) is 69.2 Å². The number of alkyl halides is 1. The van der Waals surface area contributed by atoms with Crippen LogP contribution in [0, 0.1) is 17.1 Å². The number of aryl methyl sites for hydroxylation is 1. The van der Waals surface area contributed by atoms with Gasteiger partial charge < -0.3 is 20.1 Å². The van der Waals surface area contributed by atoms with Crippen LogP contribution in [0.25, 0.3) is 27.4 Å². The Labute approximate surface area is 264 Å². The molecule has 6 heterocycles. The number of pyridine rings is 1. The first kappa shape index (κ1) is 29.1. The van der Waals surface area contributed by atoms with Crippen molar-refractivity contribution in [1.29, 1.82) is 5.26 Å². The number of ether oxygens (including phenoxy) is 1. The van der Waals surface area contributed by atoms with Crippen molar-refractivity contribution in [1.82, 2.24) is 25.0 Å². The minimum absolute atomic E-state index is 0.0373. The first-order chi connectivity index (χ1) is 22.3. The lowest BCUT2D eigenvalue weighted by Gasteiger charge is -2.36. The number of fused-ring (bicyclic) bond motifs is 5. The summed E-state index contributed by atoms with van der Waals surface area (Å²) in [7, 11) is 0. The maximum absolute atomic E-state index is 15.0. The summed E-state index contributed by atoms with van der Waals surface area (Å²) in [5, 5.41) is 30.8. The molecule has 2 N–H and O–H groups in total. The third kappa shape index (κ3) is 4.51. The maximum Gasteiger partial charge on any atom is 0.298 e. The SMILES string of the molecule is CCc1c(F)ccc2cc(O)cc(-n3ncc4c(N5CC6CCC(C5)N6)c(C#N)c(OC[C@@]56CCCN5C[C@H](F)C6)nc4c3=O)c12. The van der Waals surface area contributed by atoms with Crippen LogP contribution in [0.4, 0.5) is 14.5 Å². The van der Waals surface area contributed by atoms with E-state index in [2.05, 4.69) is 31.3 Å². The molecule has 4 aromatic rings. The van der Waals surface area contributed by atoms with Crippen LogP contribution in [0.1, 0.15) is 50.2 Å². The molecule has 2 aromatic heterocycles. The molecule has 4 aliphatic rings. The third-order valence-corrected chi connectivity index (χ3v) is 10.5. The van der Waals surface area contributed by atoms with E-state index in [0.717, 1.165) is 36.9 Å². The van der Waals surface area contributed by atoms with Gasteiger partial charge in [-0.05, 0) is 61.7 Å². The van der Waals surface area contributed by atoms with Gasteiger partial charge in [-0.25, -0.2) is 13.8 Å². The first-order valence-corrected chi connectivity index (χ1v) is 16.1. The fourth-order valence-electron chi connectivity index (χ4n) is 8.44. The molecule has 4 saturated heterocycles. The predicted molar refractivity (Wildman–Crippen MR) is 169 cm³/mol. The van der Waals surface area contributed by atoms with Crippen LogP contribution in [-0.4, -0.2) is 81.4 Å². The zero-order valence-corrected chi connectivity index (χ0v) is 25.6. The summed E-state index contributed by atoms with van der Waals surface area (Å²) >= 11 is 0. The van der Waals surface area contributed by atoms with Crippen LogP contribution in [0.5, 0.6) is 11.6 Å². The van der Waals surface area contributed by atoms with Crippen molar-refractivity contribution in [2.75, 3.05) is 37.7 Å². The fraction of sp³-hybridized carbons (Fsp3) is 0.471. The lowest BCUT2D eigenvalue weighted by Crippen LogP contribution is -2.51. The standard InChI is InChI=1S/C34H35F2N7O3/c1-2-24-27(36)7-4-19-10-23(44)11-28(29(19)24)43-33(45)30-26(14-38-43)31(41-16-21-5-6-22(17-41)39-21)25(13-37)32(40-30)46-18-34-8-3-9-42(34)15-20(35)12-34/h4,7,10-11,14,20-22,39,44H,2-3,5-6,8-9,12,15-18H2,1H3/t20-,21?,22?,34+/m1/s1. The quantitative estimate of drug-likeness (QED) is 0.326. The average molecular weight is 628 g/mol. The van der Waals surface area contributed by atoms with Gasteiger partial charge in [0.2, 0.25) is 5.88 Å². The monoisotopic (exact) mass is 627 g/mol. The number of phenolic OH excluding ortho intramolecular Hbond substituents is 1. The number of piperazine rings is 1. The normalized spacial score (nSPS) is 25.8. The summed E-state index contributed by atoms with van der Waals surface area (Å²) in [6, 6.07) is 8.66. The molecule has 2 bridgehead atoms. The van der Waals surface area contributed by atoms with Crippen LogP contribution < -0.4 is 20.5 Å². The number of phenols is 1. The molecule has 0 amide bonds. The molecule has 0 saturated carbocycles. The number of hydrogen-bond donors (Lipinski definition) is 2. The number of hydrogen-bond acceptors (Lipinski definition) is 9. The number of aromatic nitrogens is 3. The molecule has 8 rings (SSSR count). The van der Waals surface area contributed by atoms with E-state index >= 15 is 0 Å². The molecule has 2 aromatic carbocycles. The van der Waals surface area contributed by atoms with Gasteiger partial charge in [0.25, 0.3) is 5.56 Å². The number of anilines is 1. The number of benzene rings is 2.